The molecule has 2 heterocycles. The minimum Gasteiger partial charge on any atom is -0.351 e. The molecule has 146 valence electrons. The highest BCUT2D eigenvalue weighted by Crippen LogP contribution is 2.23. The van der Waals surface area contributed by atoms with Crippen LogP contribution in [0.1, 0.15) is 17.8 Å². The van der Waals surface area contributed by atoms with Crippen molar-refractivity contribution >= 4 is 27.5 Å². The van der Waals surface area contributed by atoms with Gasteiger partial charge in [-0.25, -0.2) is 12.8 Å². The number of halogens is 1. The number of sulfone groups is 1. The van der Waals surface area contributed by atoms with Crippen molar-refractivity contribution in [3.05, 3.63) is 41.5 Å². The average Bonchev–Trinajstić information content (AvgIpc) is 3.15. The van der Waals surface area contributed by atoms with Gasteiger partial charge in [-0.1, -0.05) is 30.0 Å². The van der Waals surface area contributed by atoms with E-state index < -0.39 is 9.84 Å². The minimum absolute atomic E-state index is 0.0693. The molecular formula is C17H21FN4O3S2. The maximum absolute atomic E-state index is 13.5. The molecule has 3 rings (SSSR count). The van der Waals surface area contributed by atoms with Crippen molar-refractivity contribution in [2.45, 2.75) is 24.5 Å². The Kier molecular flexibility index (Phi) is 6.15. The molecule has 1 N–H and O–H groups in total. The zero-order valence-electron chi connectivity index (χ0n) is 14.9. The summed E-state index contributed by atoms with van der Waals surface area (Å²) in [5, 5.41) is 11.5. The third-order valence-corrected chi connectivity index (χ3v) is 7.35. The molecule has 7 nitrogen and oxygen atoms in total. The van der Waals surface area contributed by atoms with Gasteiger partial charge in [-0.2, -0.15) is 0 Å². The van der Waals surface area contributed by atoms with Crippen molar-refractivity contribution in [2.24, 2.45) is 13.0 Å². The van der Waals surface area contributed by atoms with Gasteiger partial charge in [0.05, 0.1) is 17.3 Å². The van der Waals surface area contributed by atoms with Gasteiger partial charge < -0.3 is 9.88 Å². The molecule has 1 fully saturated rings. The van der Waals surface area contributed by atoms with Gasteiger partial charge >= 0.3 is 0 Å². The van der Waals surface area contributed by atoms with Crippen molar-refractivity contribution in [3.63, 3.8) is 0 Å². The van der Waals surface area contributed by atoms with Crippen LogP contribution in [0, 0.1) is 11.7 Å². The van der Waals surface area contributed by atoms with Crippen molar-refractivity contribution in [1.82, 2.24) is 20.1 Å². The first-order chi connectivity index (χ1) is 12.8. The molecule has 0 bridgehead atoms. The number of nitrogens with one attached hydrogen (secondary N) is 1. The lowest BCUT2D eigenvalue weighted by Gasteiger charge is -2.08. The van der Waals surface area contributed by atoms with Crippen LogP contribution in [0.15, 0.2) is 29.4 Å². The second-order valence-corrected chi connectivity index (χ2v) is 9.76. The monoisotopic (exact) mass is 412 g/mol. The Balaban J connectivity index is 1.49. The Hall–Kier alpha value is -1.94. The van der Waals surface area contributed by atoms with Crippen LogP contribution in [0.4, 0.5) is 4.39 Å². The van der Waals surface area contributed by atoms with Gasteiger partial charge in [-0.05, 0) is 18.4 Å². The van der Waals surface area contributed by atoms with Gasteiger partial charge in [0.1, 0.15) is 11.6 Å². The number of hydrogen-bond donors (Lipinski definition) is 1. The zero-order chi connectivity index (χ0) is 19.4. The molecule has 1 aliphatic heterocycles. The van der Waals surface area contributed by atoms with Crippen molar-refractivity contribution < 1.29 is 17.6 Å². The van der Waals surface area contributed by atoms with Gasteiger partial charge in [-0.15, -0.1) is 10.2 Å². The summed E-state index contributed by atoms with van der Waals surface area (Å²) in [6, 6.07) is 6.30. The van der Waals surface area contributed by atoms with E-state index in [0.717, 1.165) is 0 Å². The molecule has 1 amide bonds. The van der Waals surface area contributed by atoms with Crippen LogP contribution in [0.3, 0.4) is 0 Å². The summed E-state index contributed by atoms with van der Waals surface area (Å²) in [4.78, 5) is 12.0. The van der Waals surface area contributed by atoms with Crippen LogP contribution in [-0.4, -0.2) is 46.3 Å². The first-order valence-electron chi connectivity index (χ1n) is 8.55. The first kappa shape index (κ1) is 19.8. The Morgan fingerprint density at radius 3 is 2.85 bits per heavy atom. The lowest BCUT2D eigenvalue weighted by atomic mass is 10.1. The number of benzene rings is 1. The van der Waals surface area contributed by atoms with E-state index in [4.69, 9.17) is 0 Å². The molecule has 1 aromatic carbocycles. The Morgan fingerprint density at radius 1 is 1.37 bits per heavy atom. The van der Waals surface area contributed by atoms with Crippen LogP contribution in [0.25, 0.3) is 0 Å². The van der Waals surface area contributed by atoms with Crippen LogP contribution < -0.4 is 5.32 Å². The van der Waals surface area contributed by atoms with Gasteiger partial charge in [-0.3, -0.25) is 4.79 Å². The SMILES string of the molecule is Cn1c(C[C@H]2CCS(=O)(=O)C2)nnc1SCC(=O)NCc1ccccc1F. The molecule has 1 atom stereocenters. The summed E-state index contributed by atoms with van der Waals surface area (Å²) in [7, 11) is -1.11. The highest BCUT2D eigenvalue weighted by Gasteiger charge is 2.29. The largest absolute Gasteiger partial charge is 0.351 e. The highest BCUT2D eigenvalue weighted by atomic mass is 32.2. The van der Waals surface area contributed by atoms with Gasteiger partial charge in [0.2, 0.25) is 5.91 Å². The van der Waals surface area contributed by atoms with Crippen molar-refractivity contribution in [3.8, 4) is 0 Å². The molecular weight excluding hydrogens is 391 g/mol. The van der Waals surface area contributed by atoms with E-state index in [2.05, 4.69) is 15.5 Å². The van der Waals surface area contributed by atoms with Crippen LogP contribution in [-0.2, 0) is 34.6 Å². The highest BCUT2D eigenvalue weighted by molar-refractivity contribution is 7.99. The predicted octanol–water partition coefficient (Wildman–Crippen LogP) is 1.34. The molecule has 10 heteroatoms. The molecule has 1 aromatic heterocycles. The second-order valence-electron chi connectivity index (χ2n) is 6.59. The quantitative estimate of drug-likeness (QED) is 0.690. The third kappa shape index (κ3) is 5.29. The van der Waals surface area contributed by atoms with E-state index in [0.29, 0.717) is 29.4 Å². The maximum atomic E-state index is 13.5. The molecule has 1 saturated heterocycles. The normalized spacial score (nSPS) is 18.5. The first-order valence-corrected chi connectivity index (χ1v) is 11.4. The number of hydrogen-bond acceptors (Lipinski definition) is 6. The Labute approximate surface area is 161 Å². The zero-order valence-corrected chi connectivity index (χ0v) is 16.5. The molecule has 0 saturated carbocycles. The van der Waals surface area contributed by atoms with E-state index in [1.807, 2.05) is 0 Å². The van der Waals surface area contributed by atoms with E-state index in [1.165, 1.54) is 17.8 Å². The summed E-state index contributed by atoms with van der Waals surface area (Å²) in [6.07, 6.45) is 1.21. The van der Waals surface area contributed by atoms with E-state index in [-0.39, 0.29) is 41.4 Å². The van der Waals surface area contributed by atoms with Gasteiger partial charge in [0.15, 0.2) is 15.0 Å². The number of amides is 1. The number of rotatable bonds is 7. The standard InChI is InChI=1S/C17H21FN4O3S2/c1-22-15(8-12-6-7-27(24,25)11-12)20-21-17(22)26-10-16(23)19-9-13-4-2-3-5-14(13)18/h2-5,12H,6-11H2,1H3,(H,19,23)/t12-/m1/s1. The smallest absolute Gasteiger partial charge is 0.230 e. The summed E-state index contributed by atoms with van der Waals surface area (Å²) in [5.41, 5.74) is 0.434. The van der Waals surface area contributed by atoms with Crippen LogP contribution >= 0.6 is 11.8 Å². The fraction of sp³-hybridized carbons (Fsp3) is 0.471. The van der Waals surface area contributed by atoms with E-state index >= 15 is 0 Å². The number of nitrogens with zero attached hydrogens (tertiary/aromatic N) is 3. The lowest BCUT2D eigenvalue weighted by Crippen LogP contribution is -2.25. The summed E-state index contributed by atoms with van der Waals surface area (Å²) in [6.45, 7) is 0.131. The average molecular weight is 413 g/mol. The fourth-order valence-electron chi connectivity index (χ4n) is 2.96. The van der Waals surface area contributed by atoms with Crippen LogP contribution in [0.2, 0.25) is 0 Å². The van der Waals surface area contributed by atoms with E-state index in [9.17, 15) is 17.6 Å². The number of thioether (sulfide) groups is 1. The number of carbonyl (C=O) groups is 1. The topological polar surface area (TPSA) is 93.9 Å². The van der Waals surface area contributed by atoms with Gasteiger partial charge in [0.25, 0.3) is 0 Å². The molecule has 0 unspecified atom stereocenters. The maximum Gasteiger partial charge on any atom is 0.230 e. The summed E-state index contributed by atoms with van der Waals surface area (Å²) >= 11 is 1.24. The van der Waals surface area contributed by atoms with E-state index in [1.54, 1.807) is 29.8 Å². The minimum atomic E-state index is -2.92. The molecule has 1 aliphatic rings. The van der Waals surface area contributed by atoms with Crippen molar-refractivity contribution in [2.75, 3.05) is 17.3 Å². The predicted molar refractivity (Wildman–Crippen MR) is 100 cm³/mol. The summed E-state index contributed by atoms with van der Waals surface area (Å²) < 4.78 is 38.5. The second kappa shape index (κ2) is 8.39. The fourth-order valence-corrected chi connectivity index (χ4v) is 5.58. The summed E-state index contributed by atoms with van der Waals surface area (Å²) in [5.74, 6) is 0.774. The van der Waals surface area contributed by atoms with Gasteiger partial charge in [0, 0.05) is 25.6 Å². The Morgan fingerprint density at radius 2 is 2.15 bits per heavy atom. The molecule has 0 radical (unpaired) electrons. The number of aromatic nitrogens is 3. The molecule has 27 heavy (non-hydrogen) atoms. The van der Waals surface area contributed by atoms with Crippen molar-refractivity contribution in [1.29, 1.82) is 0 Å². The molecule has 0 spiro atoms. The Bertz CT molecular complexity index is 930. The third-order valence-electron chi connectivity index (χ3n) is 4.49. The molecule has 0 aliphatic carbocycles. The molecule has 2 aromatic rings. The lowest BCUT2D eigenvalue weighted by molar-refractivity contribution is -0.118. The van der Waals surface area contributed by atoms with Crippen LogP contribution in [0.5, 0.6) is 0 Å². The number of carbonyl (C=O) groups excluding carboxylic acids is 1.